The molecular formula is C34H64O4. The van der Waals surface area contributed by atoms with Crippen LogP contribution in [0.5, 0.6) is 0 Å². The Balaban J connectivity index is 3.81. The van der Waals surface area contributed by atoms with Crippen molar-refractivity contribution in [2.75, 3.05) is 0 Å². The van der Waals surface area contributed by atoms with Crippen molar-refractivity contribution >= 4 is 11.9 Å². The summed E-state index contributed by atoms with van der Waals surface area (Å²) in [6.45, 7) is 4.49. The third-order valence-corrected chi connectivity index (χ3v) is 7.47. The summed E-state index contributed by atoms with van der Waals surface area (Å²) >= 11 is 0. The van der Waals surface area contributed by atoms with E-state index < -0.39 is 5.97 Å². The van der Waals surface area contributed by atoms with Crippen LogP contribution in [0.15, 0.2) is 12.2 Å². The Morgan fingerprint density at radius 3 is 1.50 bits per heavy atom. The van der Waals surface area contributed by atoms with E-state index in [4.69, 9.17) is 9.84 Å². The lowest BCUT2D eigenvalue weighted by atomic mass is 10.0. The number of carbonyl (C=O) groups is 2. The van der Waals surface area contributed by atoms with Crippen LogP contribution in [0.2, 0.25) is 0 Å². The van der Waals surface area contributed by atoms with Gasteiger partial charge in [0.05, 0.1) is 0 Å². The number of hydrogen-bond donors (Lipinski definition) is 1. The van der Waals surface area contributed by atoms with Crippen molar-refractivity contribution in [2.45, 2.75) is 193 Å². The molecule has 38 heavy (non-hydrogen) atoms. The van der Waals surface area contributed by atoms with Gasteiger partial charge in [0.25, 0.3) is 0 Å². The monoisotopic (exact) mass is 536 g/mol. The predicted molar refractivity (Wildman–Crippen MR) is 163 cm³/mol. The highest BCUT2D eigenvalue weighted by molar-refractivity contribution is 5.69. The van der Waals surface area contributed by atoms with Crippen LogP contribution in [0.3, 0.4) is 0 Å². The van der Waals surface area contributed by atoms with Crippen LogP contribution in [-0.2, 0) is 14.3 Å². The number of ether oxygens (including phenoxy) is 1. The lowest BCUT2D eigenvalue weighted by Crippen LogP contribution is -2.16. The molecule has 0 amide bonds. The van der Waals surface area contributed by atoms with E-state index in [0.717, 1.165) is 51.4 Å². The first-order chi connectivity index (χ1) is 18.6. The van der Waals surface area contributed by atoms with E-state index in [2.05, 4.69) is 26.0 Å². The first-order valence-electron chi connectivity index (χ1n) is 16.7. The zero-order chi connectivity index (χ0) is 27.9. The Morgan fingerprint density at radius 2 is 1.00 bits per heavy atom. The molecule has 0 heterocycles. The lowest BCUT2D eigenvalue weighted by Gasteiger charge is -2.15. The Morgan fingerprint density at radius 1 is 0.579 bits per heavy atom. The Bertz CT molecular complexity index is 543. The van der Waals surface area contributed by atoms with Crippen molar-refractivity contribution in [1.29, 1.82) is 0 Å². The SMILES string of the molecule is CCCCC/C=C\C(CCCCCCC(=O)O)OC(=O)CCCCCCCCCCCCCCCCCC. The molecule has 0 bridgehead atoms. The zero-order valence-electron chi connectivity index (χ0n) is 25.5. The van der Waals surface area contributed by atoms with Crippen molar-refractivity contribution in [3.8, 4) is 0 Å². The van der Waals surface area contributed by atoms with Gasteiger partial charge < -0.3 is 9.84 Å². The fourth-order valence-corrected chi connectivity index (χ4v) is 4.98. The molecule has 4 nitrogen and oxygen atoms in total. The van der Waals surface area contributed by atoms with Gasteiger partial charge in [0.2, 0.25) is 0 Å². The molecule has 0 saturated heterocycles. The molecule has 1 unspecified atom stereocenters. The van der Waals surface area contributed by atoms with Crippen molar-refractivity contribution < 1.29 is 19.4 Å². The fraction of sp³-hybridized carbons (Fsp3) is 0.882. The molecule has 0 aromatic rings. The van der Waals surface area contributed by atoms with Crippen LogP contribution < -0.4 is 0 Å². The van der Waals surface area contributed by atoms with Gasteiger partial charge in [-0.05, 0) is 44.6 Å². The molecule has 0 rings (SSSR count). The summed E-state index contributed by atoms with van der Waals surface area (Å²) in [4.78, 5) is 23.1. The summed E-state index contributed by atoms with van der Waals surface area (Å²) in [5.74, 6) is -0.787. The maximum Gasteiger partial charge on any atom is 0.306 e. The first kappa shape index (κ1) is 36.7. The second kappa shape index (κ2) is 30.2. The van der Waals surface area contributed by atoms with Crippen molar-refractivity contribution in [3.05, 3.63) is 12.2 Å². The fourth-order valence-electron chi connectivity index (χ4n) is 4.98. The average molecular weight is 537 g/mol. The quantitative estimate of drug-likeness (QED) is 0.0563. The molecule has 0 saturated carbocycles. The number of carboxylic acid groups (broad SMARTS) is 1. The number of carbonyl (C=O) groups excluding carboxylic acids is 1. The smallest absolute Gasteiger partial charge is 0.306 e. The molecule has 0 spiro atoms. The van der Waals surface area contributed by atoms with Gasteiger partial charge in [-0.25, -0.2) is 0 Å². The van der Waals surface area contributed by atoms with E-state index in [0.29, 0.717) is 6.42 Å². The van der Waals surface area contributed by atoms with Crippen LogP contribution >= 0.6 is 0 Å². The normalized spacial score (nSPS) is 12.3. The van der Waals surface area contributed by atoms with Gasteiger partial charge in [-0.1, -0.05) is 142 Å². The van der Waals surface area contributed by atoms with Crippen LogP contribution in [-0.4, -0.2) is 23.1 Å². The maximum atomic E-state index is 12.4. The lowest BCUT2D eigenvalue weighted by molar-refractivity contribution is -0.147. The summed E-state index contributed by atoms with van der Waals surface area (Å²) in [7, 11) is 0. The van der Waals surface area contributed by atoms with Crippen LogP contribution in [0.1, 0.15) is 187 Å². The second-order valence-electron chi connectivity index (χ2n) is 11.4. The average Bonchev–Trinajstić information content (AvgIpc) is 2.89. The predicted octanol–water partition coefficient (Wildman–Crippen LogP) is 11.1. The molecule has 0 aliphatic rings. The number of hydrogen-bond acceptors (Lipinski definition) is 3. The topological polar surface area (TPSA) is 63.6 Å². The molecule has 0 radical (unpaired) electrons. The highest BCUT2D eigenvalue weighted by Crippen LogP contribution is 2.16. The Hall–Kier alpha value is -1.32. The van der Waals surface area contributed by atoms with E-state index in [9.17, 15) is 9.59 Å². The maximum absolute atomic E-state index is 12.4. The van der Waals surface area contributed by atoms with Gasteiger partial charge in [0, 0.05) is 12.8 Å². The highest BCUT2D eigenvalue weighted by atomic mass is 16.5. The Labute approximate surface area is 236 Å². The van der Waals surface area contributed by atoms with Crippen molar-refractivity contribution in [3.63, 3.8) is 0 Å². The summed E-state index contributed by atoms with van der Waals surface area (Å²) < 4.78 is 5.81. The molecule has 0 aliphatic heterocycles. The van der Waals surface area contributed by atoms with Crippen LogP contribution in [0, 0.1) is 0 Å². The molecule has 224 valence electrons. The molecule has 4 heteroatoms. The summed E-state index contributed by atoms with van der Waals surface area (Å²) in [5, 5.41) is 8.76. The van der Waals surface area contributed by atoms with Gasteiger partial charge in [0.15, 0.2) is 0 Å². The second-order valence-corrected chi connectivity index (χ2v) is 11.4. The molecule has 0 aliphatic carbocycles. The van der Waals surface area contributed by atoms with Crippen molar-refractivity contribution in [2.24, 2.45) is 0 Å². The summed E-state index contributed by atoms with van der Waals surface area (Å²) in [6, 6.07) is 0. The molecule has 0 aromatic carbocycles. The number of esters is 1. The minimum Gasteiger partial charge on any atom is -0.481 e. The Kier molecular flexibility index (Phi) is 29.2. The van der Waals surface area contributed by atoms with Gasteiger partial charge in [-0.15, -0.1) is 0 Å². The van der Waals surface area contributed by atoms with Crippen LogP contribution in [0.4, 0.5) is 0 Å². The largest absolute Gasteiger partial charge is 0.481 e. The third kappa shape index (κ3) is 29.2. The van der Waals surface area contributed by atoms with Gasteiger partial charge in [0.1, 0.15) is 6.10 Å². The van der Waals surface area contributed by atoms with Gasteiger partial charge >= 0.3 is 11.9 Å². The molecule has 0 fully saturated rings. The molecular weight excluding hydrogens is 472 g/mol. The molecule has 1 atom stereocenters. The van der Waals surface area contributed by atoms with Gasteiger partial charge in [-0.2, -0.15) is 0 Å². The summed E-state index contributed by atoms with van der Waals surface area (Å²) in [6.07, 6.45) is 35.3. The molecule has 0 aromatic heterocycles. The van der Waals surface area contributed by atoms with E-state index in [1.165, 1.54) is 109 Å². The highest BCUT2D eigenvalue weighted by Gasteiger charge is 2.11. The van der Waals surface area contributed by atoms with Crippen LogP contribution in [0.25, 0.3) is 0 Å². The van der Waals surface area contributed by atoms with E-state index in [1.54, 1.807) is 0 Å². The van der Waals surface area contributed by atoms with Gasteiger partial charge in [-0.3, -0.25) is 9.59 Å². The number of allylic oxidation sites excluding steroid dienone is 1. The number of carboxylic acids is 1. The van der Waals surface area contributed by atoms with E-state index in [1.807, 2.05) is 0 Å². The minimum atomic E-state index is -0.721. The molecule has 1 N–H and O–H groups in total. The number of rotatable bonds is 30. The third-order valence-electron chi connectivity index (χ3n) is 7.47. The standard InChI is InChI=1S/C34H64O4/c1-3-5-7-9-10-11-12-13-14-15-16-17-18-19-21-27-31-34(37)38-32(28-24-20-8-6-4-2)29-25-22-23-26-30-33(35)36/h24,28,32H,3-23,25-27,29-31H2,1-2H3,(H,35,36)/b28-24-. The minimum absolute atomic E-state index is 0.0653. The number of unbranched alkanes of at least 4 members (excludes halogenated alkanes) is 21. The first-order valence-corrected chi connectivity index (χ1v) is 16.7. The van der Waals surface area contributed by atoms with E-state index >= 15 is 0 Å². The van der Waals surface area contributed by atoms with E-state index in [-0.39, 0.29) is 18.5 Å². The zero-order valence-corrected chi connectivity index (χ0v) is 25.5. The summed E-state index contributed by atoms with van der Waals surface area (Å²) in [5.41, 5.74) is 0. The number of aliphatic carboxylic acids is 1. The van der Waals surface area contributed by atoms with Crippen molar-refractivity contribution in [1.82, 2.24) is 0 Å².